The summed E-state index contributed by atoms with van der Waals surface area (Å²) in [6.45, 7) is 10.0. The third-order valence-electron chi connectivity index (χ3n) is 8.85. The van der Waals surface area contributed by atoms with Crippen molar-refractivity contribution < 1.29 is 21.7 Å². The lowest BCUT2D eigenvalue weighted by Gasteiger charge is -2.21. The second-order valence-corrected chi connectivity index (χ2v) is 16.5. The molecule has 0 atom stereocenters. The van der Waals surface area contributed by atoms with E-state index in [1.54, 1.807) is 34.4 Å². The van der Waals surface area contributed by atoms with Crippen LogP contribution in [0, 0.1) is 0 Å². The smallest absolute Gasteiger partial charge is 0.269 e. The van der Waals surface area contributed by atoms with Gasteiger partial charge in [-0.15, -0.1) is 11.3 Å². The van der Waals surface area contributed by atoms with Gasteiger partial charge in [-0.2, -0.15) is 4.57 Å². The Morgan fingerprint density at radius 3 is 1.77 bits per heavy atom. The van der Waals surface area contributed by atoms with Gasteiger partial charge in [0.05, 0.1) is 27.9 Å². The van der Waals surface area contributed by atoms with E-state index in [0.29, 0.717) is 6.54 Å². The predicted octanol–water partition coefficient (Wildman–Crippen LogP) is 8.16. The fourth-order valence-electron chi connectivity index (χ4n) is 6.43. The highest BCUT2D eigenvalue weighted by molar-refractivity contribution is 8.12. The Hall–Kier alpha value is -4.82. The zero-order valence-electron chi connectivity index (χ0n) is 31.6. The van der Waals surface area contributed by atoms with Gasteiger partial charge in [0, 0.05) is 23.6 Å². The standard InChI is InChI=1S/C42H38N3OS3.C2H6O4S/c1-4-43-35(48-40(32-23-15-9-16-24-32)38(43)30-19-11-7-12-20-30)28-27-34-42(46)45(6-3)37(47-34)29-36-44(5-2)39(31-21-13-8-14-22-31)41(49-36)33-25-17-10-18-26-33;1-2-6-7(3,4)5/h7-29H,4-6H2,1-3H3;2H2,1H3,(H,3,4,5)/q+1;/p-1/b34-27+,35-28-;. The lowest BCUT2D eigenvalue weighted by molar-refractivity contribution is -0.679. The molecule has 4 aromatic carbocycles. The Kier molecular flexibility index (Phi) is 13.8. The van der Waals surface area contributed by atoms with Crippen LogP contribution in [0.15, 0.2) is 137 Å². The minimum atomic E-state index is -4.42. The molecule has 0 amide bonds. The first kappa shape index (κ1) is 40.8. The molecule has 2 aromatic heterocycles. The zero-order chi connectivity index (χ0) is 39.7. The summed E-state index contributed by atoms with van der Waals surface area (Å²) >= 11 is 5.12. The van der Waals surface area contributed by atoms with E-state index in [1.807, 2.05) is 10.6 Å². The van der Waals surface area contributed by atoms with Crippen molar-refractivity contribution in [1.82, 2.24) is 9.47 Å². The van der Waals surface area contributed by atoms with Crippen molar-refractivity contribution in [2.75, 3.05) is 13.2 Å². The Labute approximate surface area is 340 Å². The Morgan fingerprint density at radius 2 is 1.27 bits per heavy atom. The number of allylic oxidation sites excluding steroid dienone is 1. The monoisotopic (exact) mass is 821 g/mol. The lowest BCUT2D eigenvalue weighted by atomic mass is 10.1. The molecule has 3 heterocycles. The molecule has 1 aliphatic heterocycles. The normalized spacial score (nSPS) is 14.4. The van der Waals surface area contributed by atoms with Gasteiger partial charge in [0.1, 0.15) is 16.1 Å². The first-order valence-corrected chi connectivity index (χ1v) is 22.2. The Bertz CT molecular complexity index is 2620. The van der Waals surface area contributed by atoms with E-state index in [0.717, 1.165) is 32.3 Å². The number of aromatic nitrogens is 2. The van der Waals surface area contributed by atoms with Gasteiger partial charge in [0.15, 0.2) is 0 Å². The van der Waals surface area contributed by atoms with Crippen molar-refractivity contribution in [3.63, 3.8) is 0 Å². The number of thioether (sulfide) groups is 1. The highest BCUT2D eigenvalue weighted by Crippen LogP contribution is 2.50. The quantitative estimate of drug-likeness (QED) is 0.0740. The van der Waals surface area contributed by atoms with Crippen molar-refractivity contribution in [2.24, 2.45) is 0 Å². The third kappa shape index (κ3) is 9.40. The number of thiazole rings is 2. The van der Waals surface area contributed by atoms with E-state index in [1.165, 1.54) is 50.4 Å². The molecule has 0 saturated heterocycles. The number of rotatable bonds is 11. The second-order valence-electron chi connectivity index (χ2n) is 12.3. The van der Waals surface area contributed by atoms with E-state index >= 15 is 0 Å². The highest BCUT2D eigenvalue weighted by Gasteiger charge is 2.29. The molecule has 0 radical (unpaired) electrons. The summed E-state index contributed by atoms with van der Waals surface area (Å²) in [7, 11) is -4.42. The minimum absolute atomic E-state index is 0.0485. The van der Waals surface area contributed by atoms with E-state index in [2.05, 4.69) is 168 Å². The van der Waals surface area contributed by atoms with Crippen molar-refractivity contribution in [2.45, 2.75) is 40.8 Å². The van der Waals surface area contributed by atoms with Crippen LogP contribution in [-0.4, -0.2) is 35.6 Å². The Morgan fingerprint density at radius 1 is 0.714 bits per heavy atom. The molecule has 8 nitrogen and oxygen atoms in total. The molecular formula is C44H43N3O5S4. The van der Waals surface area contributed by atoms with Crippen LogP contribution in [0.4, 0.5) is 0 Å². The molecule has 0 aliphatic carbocycles. The van der Waals surface area contributed by atoms with Crippen LogP contribution < -0.4 is 19.3 Å². The lowest BCUT2D eigenvalue weighted by Crippen LogP contribution is -2.36. The first-order valence-electron chi connectivity index (χ1n) is 18.4. The van der Waals surface area contributed by atoms with Gasteiger partial charge in [-0.25, -0.2) is 8.42 Å². The van der Waals surface area contributed by atoms with Gasteiger partial charge in [0.2, 0.25) is 16.1 Å². The summed E-state index contributed by atoms with van der Waals surface area (Å²) in [6.07, 6.45) is 6.35. The molecule has 0 N–H and O–H groups in total. The fourth-order valence-corrected chi connectivity index (χ4v) is 10.4. The van der Waals surface area contributed by atoms with Gasteiger partial charge in [0.25, 0.3) is 10.6 Å². The van der Waals surface area contributed by atoms with Crippen LogP contribution in [0.5, 0.6) is 0 Å². The molecule has 288 valence electrons. The maximum atomic E-state index is 13.9. The van der Waals surface area contributed by atoms with Crippen LogP contribution in [0.2, 0.25) is 0 Å². The summed E-state index contributed by atoms with van der Waals surface area (Å²) in [4.78, 5) is 18.7. The molecule has 12 heteroatoms. The van der Waals surface area contributed by atoms with E-state index < -0.39 is 10.4 Å². The second kappa shape index (κ2) is 18.9. The number of nitrogens with zero attached hydrogens (tertiary/aromatic N) is 3. The van der Waals surface area contributed by atoms with Crippen molar-refractivity contribution in [3.05, 3.63) is 168 Å². The van der Waals surface area contributed by atoms with Gasteiger partial charge >= 0.3 is 0 Å². The molecule has 6 aromatic rings. The maximum Gasteiger partial charge on any atom is 0.269 e. The first-order chi connectivity index (χ1) is 27.2. The van der Waals surface area contributed by atoms with Crippen molar-refractivity contribution in [3.8, 4) is 21.7 Å². The van der Waals surface area contributed by atoms with Crippen LogP contribution >= 0.6 is 34.4 Å². The molecule has 56 heavy (non-hydrogen) atoms. The van der Waals surface area contributed by atoms with Crippen LogP contribution in [0.3, 0.4) is 0 Å². The van der Waals surface area contributed by atoms with E-state index in [4.69, 9.17) is 0 Å². The summed E-state index contributed by atoms with van der Waals surface area (Å²) < 4.78 is 38.0. The van der Waals surface area contributed by atoms with E-state index in [-0.39, 0.29) is 12.2 Å². The van der Waals surface area contributed by atoms with Gasteiger partial charge < -0.3 is 9.45 Å². The maximum absolute atomic E-state index is 13.9. The van der Waals surface area contributed by atoms with Gasteiger partial charge in [-0.3, -0.25) is 13.5 Å². The third-order valence-corrected chi connectivity index (χ3v) is 12.8. The zero-order valence-corrected chi connectivity index (χ0v) is 34.9. The van der Waals surface area contributed by atoms with Crippen molar-refractivity contribution in [1.29, 1.82) is 0 Å². The van der Waals surface area contributed by atoms with Crippen LogP contribution in [0.25, 0.3) is 44.5 Å². The minimum Gasteiger partial charge on any atom is -0.726 e. The summed E-state index contributed by atoms with van der Waals surface area (Å²) in [6, 6.07) is 42.4. The fraction of sp³-hybridized carbons (Fsp3) is 0.182. The van der Waals surface area contributed by atoms with Crippen LogP contribution in [-0.2, 0) is 27.7 Å². The highest BCUT2D eigenvalue weighted by atomic mass is 32.3. The number of benzene rings is 4. The average Bonchev–Trinajstić information content (AvgIpc) is 3.88. The van der Waals surface area contributed by atoms with Gasteiger partial charge in [-0.05, 0) is 68.7 Å². The Balaban J connectivity index is 0.000000695. The summed E-state index contributed by atoms with van der Waals surface area (Å²) in [5.74, 6) is 0. The van der Waals surface area contributed by atoms with Crippen molar-refractivity contribution >= 4 is 67.6 Å². The molecule has 0 bridgehead atoms. The van der Waals surface area contributed by atoms with Crippen LogP contribution in [0.1, 0.15) is 43.8 Å². The van der Waals surface area contributed by atoms with Gasteiger partial charge in [-0.1, -0.05) is 132 Å². The SMILES string of the molecule is CCN1C(c2ccccc2)=C(c2ccccc2)S/C1=C\C=c1\s/c(=C\c2sc(-c3ccccc3)c(-c3ccccc3)[n+]2CC)n(CC)c1=O.CCOS(=O)(=O)[O-]. The molecular weight excluding hydrogens is 779 g/mol. The number of hydrogen-bond acceptors (Lipinski definition) is 9. The average molecular weight is 822 g/mol. The number of hydrogen-bond donors (Lipinski definition) is 0. The summed E-state index contributed by atoms with van der Waals surface area (Å²) in [5, 5.41) is 2.24. The molecule has 7 rings (SSSR count). The predicted molar refractivity (Wildman–Crippen MR) is 232 cm³/mol. The molecule has 0 fully saturated rings. The van der Waals surface area contributed by atoms with E-state index in [9.17, 15) is 17.8 Å². The molecule has 0 saturated carbocycles. The topological polar surface area (TPSA) is 95.6 Å². The molecule has 1 aliphatic rings. The summed E-state index contributed by atoms with van der Waals surface area (Å²) in [5.41, 5.74) is 7.22. The molecule has 0 spiro atoms. The largest absolute Gasteiger partial charge is 0.726 e. The molecule has 0 unspecified atom stereocenters.